The maximum atomic E-state index is 6.68. The summed E-state index contributed by atoms with van der Waals surface area (Å²) in [6.45, 7) is 4.39. The first-order valence-electron chi connectivity index (χ1n) is 9.41. The van der Waals surface area contributed by atoms with Crippen LogP contribution in [0.15, 0.2) is 71.8 Å². The maximum Gasteiger partial charge on any atom is 0.0547 e. The van der Waals surface area contributed by atoms with Crippen molar-refractivity contribution in [3.63, 3.8) is 0 Å². The lowest BCUT2D eigenvalue weighted by molar-refractivity contribution is 0.495. The summed E-state index contributed by atoms with van der Waals surface area (Å²) in [4.78, 5) is 0. The van der Waals surface area contributed by atoms with E-state index in [1.165, 1.54) is 12.0 Å². The third-order valence-electron chi connectivity index (χ3n) is 5.00. The molecular formula is C25H25Cl. The summed E-state index contributed by atoms with van der Waals surface area (Å²) < 4.78 is 0. The van der Waals surface area contributed by atoms with Gasteiger partial charge in [0.05, 0.1) is 5.41 Å². The van der Waals surface area contributed by atoms with Gasteiger partial charge >= 0.3 is 0 Å². The predicted octanol–water partition coefficient (Wildman–Crippen LogP) is 7.00. The molecule has 2 aromatic carbocycles. The normalized spacial score (nSPS) is 19.2. The molecule has 0 aliphatic heterocycles. The lowest BCUT2D eigenvalue weighted by Crippen LogP contribution is -2.17. The highest BCUT2D eigenvalue weighted by molar-refractivity contribution is 6.33. The van der Waals surface area contributed by atoms with Gasteiger partial charge in [0.15, 0.2) is 0 Å². The average molecular weight is 361 g/mol. The summed E-state index contributed by atoms with van der Waals surface area (Å²) >= 11 is 6.68. The van der Waals surface area contributed by atoms with E-state index in [-0.39, 0.29) is 5.41 Å². The van der Waals surface area contributed by atoms with Gasteiger partial charge < -0.3 is 0 Å². The second-order valence-electron chi connectivity index (χ2n) is 6.90. The molecule has 1 aliphatic carbocycles. The van der Waals surface area contributed by atoms with Crippen molar-refractivity contribution in [2.24, 2.45) is 5.41 Å². The molecule has 0 heterocycles. The zero-order chi connectivity index (χ0) is 18.4. The van der Waals surface area contributed by atoms with Crippen LogP contribution in [0, 0.1) is 17.3 Å². The molecule has 26 heavy (non-hydrogen) atoms. The van der Waals surface area contributed by atoms with Gasteiger partial charge in [0.2, 0.25) is 0 Å². The smallest absolute Gasteiger partial charge is 0.0547 e. The largest absolute Gasteiger partial charge is 0.0884 e. The Morgan fingerprint density at radius 2 is 1.73 bits per heavy atom. The fourth-order valence-electron chi connectivity index (χ4n) is 3.29. The molecule has 1 heteroatoms. The van der Waals surface area contributed by atoms with Crippen molar-refractivity contribution in [2.75, 3.05) is 0 Å². The van der Waals surface area contributed by atoms with E-state index in [1.807, 2.05) is 18.2 Å². The summed E-state index contributed by atoms with van der Waals surface area (Å²) in [6.07, 6.45) is 8.39. The van der Waals surface area contributed by atoms with Crippen LogP contribution >= 0.6 is 11.6 Å². The highest BCUT2D eigenvalue weighted by atomic mass is 35.5. The van der Waals surface area contributed by atoms with Crippen LogP contribution in [0.3, 0.4) is 0 Å². The molecule has 1 unspecified atom stereocenters. The molecule has 132 valence electrons. The Morgan fingerprint density at radius 1 is 1.00 bits per heavy atom. The summed E-state index contributed by atoms with van der Waals surface area (Å²) in [5.74, 6) is 6.87. The minimum absolute atomic E-state index is 0.183. The molecule has 3 rings (SSSR count). The van der Waals surface area contributed by atoms with E-state index in [4.69, 9.17) is 11.6 Å². The molecule has 1 aliphatic rings. The lowest BCUT2D eigenvalue weighted by Gasteiger charge is -2.28. The van der Waals surface area contributed by atoms with Crippen LogP contribution in [0.5, 0.6) is 0 Å². The van der Waals surface area contributed by atoms with Crippen molar-refractivity contribution < 1.29 is 0 Å². The van der Waals surface area contributed by atoms with E-state index in [0.717, 1.165) is 41.0 Å². The number of hydrogen-bond donors (Lipinski definition) is 0. The molecule has 0 N–H and O–H groups in total. The molecule has 0 amide bonds. The number of halogens is 1. The van der Waals surface area contributed by atoms with Gasteiger partial charge in [0.25, 0.3) is 0 Å². The topological polar surface area (TPSA) is 0 Å². The summed E-state index contributed by atoms with van der Waals surface area (Å²) in [5.41, 5.74) is 4.54. The molecule has 0 bridgehead atoms. The Bertz CT molecular complexity index is 860. The summed E-state index contributed by atoms with van der Waals surface area (Å²) in [5, 5.41) is 0.896. The monoisotopic (exact) mass is 360 g/mol. The van der Waals surface area contributed by atoms with Gasteiger partial charge in [-0.1, -0.05) is 98.3 Å². The zero-order valence-electron chi connectivity index (χ0n) is 15.6. The van der Waals surface area contributed by atoms with Gasteiger partial charge in [-0.05, 0) is 41.7 Å². The van der Waals surface area contributed by atoms with Gasteiger partial charge in [-0.25, -0.2) is 0 Å². The Hall–Kier alpha value is -2.23. The van der Waals surface area contributed by atoms with E-state index < -0.39 is 0 Å². The molecule has 1 atom stereocenters. The number of aryl methyl sites for hydroxylation is 1. The van der Waals surface area contributed by atoms with Crippen LogP contribution in [0.1, 0.15) is 49.8 Å². The van der Waals surface area contributed by atoms with E-state index >= 15 is 0 Å². The van der Waals surface area contributed by atoms with Crippen LogP contribution < -0.4 is 0 Å². The highest BCUT2D eigenvalue weighted by Gasteiger charge is 2.28. The summed E-state index contributed by atoms with van der Waals surface area (Å²) in [7, 11) is 0. The number of hydrogen-bond acceptors (Lipinski definition) is 0. The lowest BCUT2D eigenvalue weighted by atomic mass is 9.77. The third kappa shape index (κ3) is 4.29. The minimum atomic E-state index is -0.183. The Morgan fingerprint density at radius 3 is 2.35 bits per heavy atom. The van der Waals surface area contributed by atoms with Crippen molar-refractivity contribution in [3.05, 3.63) is 88.5 Å². The SMILES string of the molecule is CCCc1ccc(C#CC2(CC)C=CC(c3ccccc3)=C(Cl)C2)cc1. The average Bonchev–Trinajstić information content (AvgIpc) is 2.68. The quantitative estimate of drug-likeness (QED) is 0.515. The molecular weight excluding hydrogens is 336 g/mol. The fourth-order valence-corrected chi connectivity index (χ4v) is 3.70. The maximum absolute atomic E-state index is 6.68. The molecule has 0 fully saturated rings. The van der Waals surface area contributed by atoms with Crippen molar-refractivity contribution in [3.8, 4) is 11.8 Å². The van der Waals surface area contributed by atoms with Crippen LogP contribution in [-0.2, 0) is 6.42 Å². The molecule has 0 saturated heterocycles. The number of rotatable bonds is 4. The van der Waals surface area contributed by atoms with Crippen LogP contribution in [0.4, 0.5) is 0 Å². The van der Waals surface area contributed by atoms with Crippen LogP contribution in [0.25, 0.3) is 5.57 Å². The predicted molar refractivity (Wildman–Crippen MR) is 113 cm³/mol. The minimum Gasteiger partial charge on any atom is -0.0884 e. The number of allylic oxidation sites excluding steroid dienone is 4. The second kappa shape index (κ2) is 8.43. The van der Waals surface area contributed by atoms with E-state index in [0.29, 0.717) is 0 Å². The first-order valence-corrected chi connectivity index (χ1v) is 9.79. The molecule has 0 saturated carbocycles. The number of benzene rings is 2. The van der Waals surface area contributed by atoms with Crippen molar-refractivity contribution in [2.45, 2.75) is 39.5 Å². The molecule has 0 spiro atoms. The Balaban J connectivity index is 1.82. The first-order chi connectivity index (χ1) is 12.7. The van der Waals surface area contributed by atoms with Gasteiger partial charge in [-0.2, -0.15) is 0 Å². The second-order valence-corrected chi connectivity index (χ2v) is 7.36. The third-order valence-corrected chi connectivity index (χ3v) is 5.33. The molecule has 0 radical (unpaired) electrons. The standard InChI is InChI=1S/C25H25Cl/c1-3-8-20-11-13-21(14-12-20)15-17-25(4-2)18-16-23(24(26)19-25)22-9-6-5-7-10-22/h5-7,9-14,16,18H,3-4,8,19H2,1-2H3. The van der Waals surface area contributed by atoms with E-state index in [9.17, 15) is 0 Å². The molecule has 0 nitrogen and oxygen atoms in total. The van der Waals surface area contributed by atoms with Crippen molar-refractivity contribution >= 4 is 17.2 Å². The van der Waals surface area contributed by atoms with Gasteiger partial charge in [0, 0.05) is 17.0 Å². The van der Waals surface area contributed by atoms with E-state index in [1.54, 1.807) is 0 Å². The Labute approximate surface area is 162 Å². The van der Waals surface area contributed by atoms with Gasteiger partial charge in [-0.3, -0.25) is 0 Å². The van der Waals surface area contributed by atoms with Gasteiger partial charge in [-0.15, -0.1) is 0 Å². The van der Waals surface area contributed by atoms with Crippen molar-refractivity contribution in [1.82, 2.24) is 0 Å². The fraction of sp³-hybridized carbons (Fsp3) is 0.280. The Kier molecular flexibility index (Phi) is 6.02. The zero-order valence-corrected chi connectivity index (χ0v) is 16.3. The van der Waals surface area contributed by atoms with Crippen LogP contribution in [0.2, 0.25) is 0 Å². The summed E-state index contributed by atoms with van der Waals surface area (Å²) in [6, 6.07) is 18.9. The molecule has 2 aromatic rings. The highest BCUT2D eigenvalue weighted by Crippen LogP contribution is 2.41. The first kappa shape index (κ1) is 18.6. The van der Waals surface area contributed by atoms with E-state index in [2.05, 4.69) is 74.2 Å². The van der Waals surface area contributed by atoms with Gasteiger partial charge in [0.1, 0.15) is 0 Å². The van der Waals surface area contributed by atoms with Crippen LogP contribution in [-0.4, -0.2) is 0 Å². The molecule has 0 aromatic heterocycles. The van der Waals surface area contributed by atoms with Crippen molar-refractivity contribution in [1.29, 1.82) is 0 Å².